The van der Waals surface area contributed by atoms with Crippen molar-refractivity contribution in [1.29, 1.82) is 0 Å². The highest BCUT2D eigenvalue weighted by Gasteiger charge is 2.24. The predicted molar refractivity (Wildman–Crippen MR) is 82.4 cm³/mol. The summed E-state index contributed by atoms with van der Waals surface area (Å²) < 4.78 is 5.61. The number of benzene rings is 1. The normalized spacial score (nSPS) is 21.9. The van der Waals surface area contributed by atoms with Crippen LogP contribution in [0.3, 0.4) is 0 Å². The molecule has 4 nitrogen and oxygen atoms in total. The van der Waals surface area contributed by atoms with Gasteiger partial charge in [0.2, 0.25) is 5.91 Å². The molecule has 0 heterocycles. The van der Waals surface area contributed by atoms with Crippen LogP contribution in [0, 0.1) is 13.8 Å². The van der Waals surface area contributed by atoms with Crippen LogP contribution in [0.15, 0.2) is 18.2 Å². The molecule has 0 saturated heterocycles. The summed E-state index contributed by atoms with van der Waals surface area (Å²) in [7, 11) is 0. The van der Waals surface area contributed by atoms with E-state index >= 15 is 0 Å². The van der Waals surface area contributed by atoms with E-state index in [1.807, 2.05) is 25.1 Å². The van der Waals surface area contributed by atoms with Crippen molar-refractivity contribution >= 4 is 5.91 Å². The molecule has 0 spiro atoms. The van der Waals surface area contributed by atoms with Crippen molar-refractivity contribution in [2.75, 3.05) is 6.61 Å². The molecule has 0 radical (unpaired) electrons. The summed E-state index contributed by atoms with van der Waals surface area (Å²) in [6.45, 7) is 4.46. The Morgan fingerprint density at radius 2 is 2.05 bits per heavy atom. The molecular weight excluding hydrogens is 266 g/mol. The minimum absolute atomic E-state index is 0.0511. The lowest BCUT2D eigenvalue weighted by atomic mass is 9.92. The van der Waals surface area contributed by atoms with E-state index in [1.54, 1.807) is 0 Å². The Morgan fingerprint density at radius 3 is 2.76 bits per heavy atom. The van der Waals surface area contributed by atoms with Gasteiger partial charge in [0.15, 0.2) is 0 Å². The second kappa shape index (κ2) is 7.46. The van der Waals surface area contributed by atoms with Crippen LogP contribution in [0.2, 0.25) is 0 Å². The van der Waals surface area contributed by atoms with Crippen LogP contribution >= 0.6 is 0 Å². The van der Waals surface area contributed by atoms with Gasteiger partial charge in [-0.25, -0.2) is 0 Å². The molecule has 2 rings (SSSR count). The lowest BCUT2D eigenvalue weighted by molar-refractivity contribution is -0.123. The first-order valence-corrected chi connectivity index (χ1v) is 7.74. The van der Waals surface area contributed by atoms with E-state index in [0.717, 1.165) is 31.4 Å². The topological polar surface area (TPSA) is 58.6 Å². The number of hydrogen-bond donors (Lipinski definition) is 2. The number of carbonyl (C=O) groups is 1. The second-order valence-corrected chi connectivity index (χ2v) is 5.87. The summed E-state index contributed by atoms with van der Waals surface area (Å²) in [5.41, 5.74) is 2.41. The molecule has 1 aromatic carbocycles. The zero-order valence-corrected chi connectivity index (χ0v) is 12.9. The summed E-state index contributed by atoms with van der Waals surface area (Å²) in [6, 6.07) is 5.83. The Labute approximate surface area is 126 Å². The average molecular weight is 291 g/mol. The quantitative estimate of drug-likeness (QED) is 0.876. The van der Waals surface area contributed by atoms with E-state index in [0.29, 0.717) is 13.0 Å². The minimum Gasteiger partial charge on any atom is -0.493 e. The number of nitrogens with one attached hydrogen (secondary N) is 1. The summed E-state index contributed by atoms with van der Waals surface area (Å²) in [5, 5.41) is 12.7. The maximum atomic E-state index is 11.9. The number of carbonyl (C=O) groups excluding carboxylic acids is 1. The van der Waals surface area contributed by atoms with Crippen LogP contribution in [0.5, 0.6) is 5.75 Å². The van der Waals surface area contributed by atoms with Gasteiger partial charge in [0, 0.05) is 0 Å². The molecule has 1 aliphatic rings. The van der Waals surface area contributed by atoms with Gasteiger partial charge in [-0.15, -0.1) is 0 Å². The van der Waals surface area contributed by atoms with E-state index in [9.17, 15) is 9.90 Å². The number of rotatable bonds is 5. The predicted octanol–water partition coefficient (Wildman–Crippen LogP) is 2.49. The van der Waals surface area contributed by atoms with E-state index in [1.165, 1.54) is 11.1 Å². The zero-order chi connectivity index (χ0) is 15.2. The highest BCUT2D eigenvalue weighted by molar-refractivity contribution is 5.76. The summed E-state index contributed by atoms with van der Waals surface area (Å²) >= 11 is 0. The van der Waals surface area contributed by atoms with Crippen molar-refractivity contribution in [2.45, 2.75) is 58.1 Å². The SMILES string of the molecule is Cc1ccc(OCCC(=O)N[C@H]2CCCC[C@@H]2O)cc1C. The highest BCUT2D eigenvalue weighted by atomic mass is 16.5. The fraction of sp³-hybridized carbons (Fsp3) is 0.588. The molecule has 1 fully saturated rings. The lowest BCUT2D eigenvalue weighted by Crippen LogP contribution is -2.45. The Hall–Kier alpha value is -1.55. The number of aliphatic hydroxyl groups is 1. The highest BCUT2D eigenvalue weighted by Crippen LogP contribution is 2.19. The summed E-state index contributed by atoms with van der Waals surface area (Å²) in [5.74, 6) is 0.744. The third-order valence-corrected chi connectivity index (χ3v) is 4.15. The third kappa shape index (κ3) is 4.74. The smallest absolute Gasteiger partial charge is 0.223 e. The molecule has 1 aromatic rings. The molecule has 1 saturated carbocycles. The van der Waals surface area contributed by atoms with Gasteiger partial charge in [0.1, 0.15) is 5.75 Å². The number of amides is 1. The van der Waals surface area contributed by atoms with Crippen LogP contribution in [-0.4, -0.2) is 29.8 Å². The monoisotopic (exact) mass is 291 g/mol. The maximum absolute atomic E-state index is 11.9. The molecular formula is C17H25NO3. The van der Waals surface area contributed by atoms with Gasteiger partial charge in [-0.3, -0.25) is 4.79 Å². The molecule has 2 atom stereocenters. The second-order valence-electron chi connectivity index (χ2n) is 5.87. The van der Waals surface area contributed by atoms with Gasteiger partial charge in [-0.05, 0) is 49.9 Å². The van der Waals surface area contributed by atoms with Crippen LogP contribution in [-0.2, 0) is 4.79 Å². The van der Waals surface area contributed by atoms with Gasteiger partial charge in [-0.1, -0.05) is 18.9 Å². The maximum Gasteiger partial charge on any atom is 0.223 e. The van der Waals surface area contributed by atoms with E-state index in [2.05, 4.69) is 12.2 Å². The lowest BCUT2D eigenvalue weighted by Gasteiger charge is -2.28. The Morgan fingerprint density at radius 1 is 1.29 bits per heavy atom. The molecule has 21 heavy (non-hydrogen) atoms. The van der Waals surface area contributed by atoms with Gasteiger partial charge in [-0.2, -0.15) is 0 Å². The molecule has 0 bridgehead atoms. The zero-order valence-electron chi connectivity index (χ0n) is 12.9. The largest absolute Gasteiger partial charge is 0.493 e. The third-order valence-electron chi connectivity index (χ3n) is 4.15. The molecule has 0 aliphatic heterocycles. The molecule has 116 valence electrons. The Kier molecular flexibility index (Phi) is 5.62. The van der Waals surface area contributed by atoms with Crippen molar-refractivity contribution in [3.63, 3.8) is 0 Å². The van der Waals surface area contributed by atoms with Crippen LogP contribution < -0.4 is 10.1 Å². The van der Waals surface area contributed by atoms with Crippen molar-refractivity contribution < 1.29 is 14.6 Å². The van der Waals surface area contributed by atoms with Crippen molar-refractivity contribution in [3.8, 4) is 5.75 Å². The summed E-state index contributed by atoms with van der Waals surface area (Å²) in [4.78, 5) is 11.9. The molecule has 2 N–H and O–H groups in total. The Bertz CT molecular complexity index is 487. The van der Waals surface area contributed by atoms with Crippen molar-refractivity contribution in [3.05, 3.63) is 29.3 Å². The van der Waals surface area contributed by atoms with Crippen LogP contribution in [0.1, 0.15) is 43.2 Å². The van der Waals surface area contributed by atoms with E-state index in [4.69, 9.17) is 4.74 Å². The molecule has 0 aromatic heterocycles. The number of aliphatic hydroxyl groups excluding tert-OH is 1. The molecule has 0 unspecified atom stereocenters. The van der Waals surface area contributed by atoms with Gasteiger partial charge in [0.05, 0.1) is 25.2 Å². The minimum atomic E-state index is -0.400. The van der Waals surface area contributed by atoms with Gasteiger partial charge >= 0.3 is 0 Å². The van der Waals surface area contributed by atoms with E-state index in [-0.39, 0.29) is 11.9 Å². The first-order chi connectivity index (χ1) is 10.1. The standard InChI is InChI=1S/C17H25NO3/c1-12-7-8-14(11-13(12)2)21-10-9-17(20)18-15-5-3-4-6-16(15)19/h7-8,11,15-16,19H,3-6,9-10H2,1-2H3,(H,18,20)/t15-,16-/m0/s1. The first-order valence-electron chi connectivity index (χ1n) is 7.74. The molecule has 4 heteroatoms. The van der Waals surface area contributed by atoms with Crippen LogP contribution in [0.25, 0.3) is 0 Å². The van der Waals surface area contributed by atoms with Gasteiger partial charge in [0.25, 0.3) is 0 Å². The number of hydrogen-bond acceptors (Lipinski definition) is 3. The fourth-order valence-electron chi connectivity index (χ4n) is 2.62. The van der Waals surface area contributed by atoms with Crippen molar-refractivity contribution in [1.82, 2.24) is 5.32 Å². The number of aryl methyl sites for hydroxylation is 2. The Balaban J connectivity index is 1.72. The van der Waals surface area contributed by atoms with E-state index < -0.39 is 6.10 Å². The summed E-state index contributed by atoms with van der Waals surface area (Å²) in [6.07, 6.45) is 3.68. The fourth-order valence-corrected chi connectivity index (χ4v) is 2.62. The molecule has 1 amide bonds. The first kappa shape index (κ1) is 15.8. The van der Waals surface area contributed by atoms with Crippen molar-refractivity contribution in [2.24, 2.45) is 0 Å². The average Bonchev–Trinajstić information content (AvgIpc) is 2.45. The number of ether oxygens (including phenoxy) is 1. The molecule has 1 aliphatic carbocycles. The van der Waals surface area contributed by atoms with Gasteiger partial charge < -0.3 is 15.2 Å². The van der Waals surface area contributed by atoms with Crippen LogP contribution in [0.4, 0.5) is 0 Å².